The highest BCUT2D eigenvalue weighted by Crippen LogP contribution is 2.14. The molecule has 3 heteroatoms. The molecule has 0 aromatic heterocycles. The first-order valence-electron chi connectivity index (χ1n) is 4.02. The molecule has 0 unspecified atom stereocenters. The van der Waals surface area contributed by atoms with Gasteiger partial charge in [-0.25, -0.2) is 4.79 Å². The molecule has 0 spiro atoms. The molecule has 1 N–H and O–H groups in total. The molecule has 0 aliphatic rings. The number of ether oxygens (including phenoxy) is 1. The third-order valence-electron chi connectivity index (χ3n) is 1.98. The van der Waals surface area contributed by atoms with Crippen molar-refractivity contribution in [1.29, 1.82) is 0 Å². The number of hydrogen-bond acceptors (Lipinski definition) is 2. The van der Waals surface area contributed by atoms with Crippen molar-refractivity contribution in [2.75, 3.05) is 0 Å². The molecule has 0 atom stereocenters. The van der Waals surface area contributed by atoms with Crippen LogP contribution in [0, 0.1) is 13.8 Å². The highest BCUT2D eigenvalue weighted by Gasteiger charge is 2.04. The fourth-order valence-electron chi connectivity index (χ4n) is 1.21. The van der Waals surface area contributed by atoms with Crippen LogP contribution in [0.4, 0.5) is 4.79 Å². The fraction of sp³-hybridized carbons (Fsp3) is 0.300. The summed E-state index contributed by atoms with van der Waals surface area (Å²) in [6.45, 7) is 4.01. The Bertz CT molecular complexity index is 298. The molecule has 1 aromatic carbocycles. The summed E-state index contributed by atoms with van der Waals surface area (Å²) in [6.07, 6.45) is -1.23. The Kier molecular flexibility index (Phi) is 2.90. The Morgan fingerprint density at radius 3 is 2.38 bits per heavy atom. The van der Waals surface area contributed by atoms with E-state index in [-0.39, 0.29) is 6.61 Å². The van der Waals surface area contributed by atoms with Crippen LogP contribution in [0.5, 0.6) is 0 Å². The third kappa shape index (κ3) is 2.47. The summed E-state index contributed by atoms with van der Waals surface area (Å²) in [5.74, 6) is 0. The highest BCUT2D eigenvalue weighted by atomic mass is 16.7. The van der Waals surface area contributed by atoms with Crippen molar-refractivity contribution in [3.05, 3.63) is 34.9 Å². The first kappa shape index (κ1) is 9.58. The molecule has 70 valence electrons. The number of rotatable bonds is 2. The van der Waals surface area contributed by atoms with E-state index in [1.54, 1.807) is 0 Å². The van der Waals surface area contributed by atoms with Crippen LogP contribution in [0.1, 0.15) is 16.7 Å². The summed E-state index contributed by atoms with van der Waals surface area (Å²) >= 11 is 0. The molecule has 0 aliphatic heterocycles. The van der Waals surface area contributed by atoms with Gasteiger partial charge in [0.25, 0.3) is 0 Å². The van der Waals surface area contributed by atoms with Gasteiger partial charge < -0.3 is 9.84 Å². The predicted molar refractivity (Wildman–Crippen MR) is 48.7 cm³/mol. The SMILES string of the molecule is Cc1cccc(C)c1COC(=O)O. The minimum absolute atomic E-state index is 0.133. The molecular formula is C10H12O3. The number of aryl methyl sites for hydroxylation is 2. The maximum absolute atomic E-state index is 10.2. The number of carboxylic acid groups (broad SMARTS) is 1. The Morgan fingerprint density at radius 1 is 1.38 bits per heavy atom. The van der Waals surface area contributed by atoms with E-state index >= 15 is 0 Å². The second-order valence-electron chi connectivity index (χ2n) is 2.92. The van der Waals surface area contributed by atoms with E-state index in [0.29, 0.717) is 0 Å². The van der Waals surface area contributed by atoms with E-state index in [4.69, 9.17) is 5.11 Å². The molecule has 3 nitrogen and oxygen atoms in total. The number of hydrogen-bond donors (Lipinski definition) is 1. The van der Waals surface area contributed by atoms with Crippen molar-refractivity contribution in [2.24, 2.45) is 0 Å². The van der Waals surface area contributed by atoms with Crippen LogP contribution < -0.4 is 0 Å². The average molecular weight is 180 g/mol. The van der Waals surface area contributed by atoms with Crippen molar-refractivity contribution in [3.63, 3.8) is 0 Å². The van der Waals surface area contributed by atoms with E-state index in [0.717, 1.165) is 16.7 Å². The Hall–Kier alpha value is -1.51. The van der Waals surface area contributed by atoms with Crippen LogP contribution in [0.15, 0.2) is 18.2 Å². The van der Waals surface area contributed by atoms with Gasteiger partial charge in [0, 0.05) is 0 Å². The van der Waals surface area contributed by atoms with E-state index in [2.05, 4.69) is 4.74 Å². The minimum atomic E-state index is -1.23. The summed E-state index contributed by atoms with van der Waals surface area (Å²) in [6, 6.07) is 5.82. The van der Waals surface area contributed by atoms with Crippen molar-refractivity contribution < 1.29 is 14.6 Å². The summed E-state index contributed by atoms with van der Waals surface area (Å²) in [5.41, 5.74) is 3.06. The molecule has 0 aliphatic carbocycles. The van der Waals surface area contributed by atoms with Crippen molar-refractivity contribution in [1.82, 2.24) is 0 Å². The summed E-state index contributed by atoms with van der Waals surface area (Å²) in [5, 5.41) is 8.33. The Labute approximate surface area is 77.0 Å². The summed E-state index contributed by atoms with van der Waals surface area (Å²) in [4.78, 5) is 10.2. The predicted octanol–water partition coefficient (Wildman–Crippen LogP) is 2.50. The van der Waals surface area contributed by atoms with E-state index in [1.165, 1.54) is 0 Å². The second kappa shape index (κ2) is 3.94. The molecule has 0 saturated carbocycles. The first-order chi connectivity index (χ1) is 6.11. The molecule has 1 aromatic rings. The maximum atomic E-state index is 10.2. The molecule has 0 bridgehead atoms. The fourth-order valence-corrected chi connectivity index (χ4v) is 1.21. The second-order valence-corrected chi connectivity index (χ2v) is 2.92. The molecule has 1 rings (SSSR count). The van der Waals surface area contributed by atoms with E-state index in [1.807, 2.05) is 32.0 Å². The third-order valence-corrected chi connectivity index (χ3v) is 1.98. The van der Waals surface area contributed by atoms with Crippen LogP contribution in [0.2, 0.25) is 0 Å². The zero-order chi connectivity index (χ0) is 9.84. The molecular weight excluding hydrogens is 168 g/mol. The summed E-state index contributed by atoms with van der Waals surface area (Å²) in [7, 11) is 0. The quantitative estimate of drug-likeness (QED) is 0.711. The lowest BCUT2D eigenvalue weighted by Gasteiger charge is -2.07. The zero-order valence-electron chi connectivity index (χ0n) is 7.70. The van der Waals surface area contributed by atoms with Gasteiger partial charge in [-0.05, 0) is 30.5 Å². The smallest absolute Gasteiger partial charge is 0.450 e. The van der Waals surface area contributed by atoms with Gasteiger partial charge in [-0.15, -0.1) is 0 Å². The van der Waals surface area contributed by atoms with Gasteiger partial charge in [-0.3, -0.25) is 0 Å². The van der Waals surface area contributed by atoms with Gasteiger partial charge in [0.2, 0.25) is 0 Å². The number of benzene rings is 1. The Morgan fingerprint density at radius 2 is 1.92 bits per heavy atom. The van der Waals surface area contributed by atoms with Crippen LogP contribution in [0.3, 0.4) is 0 Å². The zero-order valence-corrected chi connectivity index (χ0v) is 7.70. The van der Waals surface area contributed by atoms with Gasteiger partial charge >= 0.3 is 6.16 Å². The molecule has 0 saturated heterocycles. The lowest BCUT2D eigenvalue weighted by Crippen LogP contribution is -2.03. The standard InChI is InChI=1S/C10H12O3/c1-7-4-3-5-8(2)9(7)6-13-10(11)12/h3-5H,6H2,1-2H3,(H,11,12). The van der Waals surface area contributed by atoms with Gasteiger partial charge in [-0.1, -0.05) is 18.2 Å². The van der Waals surface area contributed by atoms with Gasteiger partial charge in [-0.2, -0.15) is 0 Å². The highest BCUT2D eigenvalue weighted by molar-refractivity contribution is 5.57. The normalized spacial score (nSPS) is 9.69. The largest absolute Gasteiger partial charge is 0.506 e. The Balaban J connectivity index is 2.81. The molecule has 0 heterocycles. The summed E-state index contributed by atoms with van der Waals surface area (Å²) < 4.78 is 4.51. The van der Waals surface area contributed by atoms with Crippen molar-refractivity contribution >= 4 is 6.16 Å². The van der Waals surface area contributed by atoms with Crippen LogP contribution in [0.25, 0.3) is 0 Å². The van der Waals surface area contributed by atoms with E-state index in [9.17, 15) is 4.79 Å². The molecule has 0 fully saturated rings. The lowest BCUT2D eigenvalue weighted by atomic mass is 10.0. The van der Waals surface area contributed by atoms with Crippen LogP contribution >= 0.6 is 0 Å². The van der Waals surface area contributed by atoms with Crippen molar-refractivity contribution in [2.45, 2.75) is 20.5 Å². The van der Waals surface area contributed by atoms with Crippen LogP contribution in [-0.4, -0.2) is 11.3 Å². The van der Waals surface area contributed by atoms with Gasteiger partial charge in [0.1, 0.15) is 6.61 Å². The van der Waals surface area contributed by atoms with E-state index < -0.39 is 6.16 Å². The maximum Gasteiger partial charge on any atom is 0.506 e. The van der Waals surface area contributed by atoms with Crippen molar-refractivity contribution in [3.8, 4) is 0 Å². The minimum Gasteiger partial charge on any atom is -0.450 e. The van der Waals surface area contributed by atoms with Crippen LogP contribution in [-0.2, 0) is 11.3 Å². The molecule has 13 heavy (non-hydrogen) atoms. The first-order valence-corrected chi connectivity index (χ1v) is 4.02. The molecule has 0 radical (unpaired) electrons. The number of carbonyl (C=O) groups is 1. The van der Waals surface area contributed by atoms with Gasteiger partial charge in [0.05, 0.1) is 0 Å². The average Bonchev–Trinajstić information content (AvgIpc) is 2.03. The van der Waals surface area contributed by atoms with Gasteiger partial charge in [0.15, 0.2) is 0 Å². The lowest BCUT2D eigenvalue weighted by molar-refractivity contribution is 0.0851. The molecule has 0 amide bonds. The monoisotopic (exact) mass is 180 g/mol. The topological polar surface area (TPSA) is 46.5 Å².